The molecule has 0 saturated carbocycles. The Morgan fingerprint density at radius 2 is 2.10 bits per heavy atom. The maximum Gasteiger partial charge on any atom is 0.340 e. The molecule has 20 heavy (non-hydrogen) atoms. The predicted octanol–water partition coefficient (Wildman–Crippen LogP) is 1.96. The number of carbonyl (C=O) groups is 2. The van der Waals surface area contributed by atoms with Crippen LogP contribution in [0.4, 0.5) is 9.39 Å². The summed E-state index contributed by atoms with van der Waals surface area (Å²) in [5.41, 5.74) is 0.341. The van der Waals surface area contributed by atoms with Gasteiger partial charge in [-0.3, -0.25) is 9.69 Å². The van der Waals surface area contributed by atoms with E-state index in [1.165, 1.54) is 13.1 Å². The molecule has 0 spiro atoms. The first kappa shape index (κ1) is 14.1. The summed E-state index contributed by atoms with van der Waals surface area (Å²) in [6.07, 6.45) is 0.928. The van der Waals surface area contributed by atoms with Gasteiger partial charge in [-0.1, -0.05) is 0 Å². The van der Waals surface area contributed by atoms with Crippen molar-refractivity contribution in [3.8, 4) is 0 Å². The predicted molar refractivity (Wildman–Crippen MR) is 70.7 cm³/mol. The van der Waals surface area contributed by atoms with Crippen LogP contribution in [0.15, 0.2) is 18.3 Å². The quantitative estimate of drug-likeness (QED) is 0.935. The number of rotatable bonds is 3. The first-order chi connectivity index (χ1) is 9.41. The van der Waals surface area contributed by atoms with Gasteiger partial charge in [-0.05, 0) is 30.6 Å². The Bertz CT molecular complexity index is 669. The second-order valence-electron chi connectivity index (χ2n) is 3.98. The highest BCUT2D eigenvalue weighted by atomic mass is 32.1. The number of halogens is 1. The highest BCUT2D eigenvalue weighted by Gasteiger charge is 2.25. The number of pyridine rings is 1. The topological polar surface area (TPSA) is 83.4 Å². The minimum atomic E-state index is -1.15. The molecule has 2 rings (SSSR count). The lowest BCUT2D eigenvalue weighted by Gasteiger charge is -2.15. The maximum atomic E-state index is 12.8. The molecule has 0 radical (unpaired) electrons. The maximum absolute atomic E-state index is 12.8. The van der Waals surface area contributed by atoms with Crippen LogP contribution in [0.3, 0.4) is 0 Å². The van der Waals surface area contributed by atoms with E-state index in [0.717, 1.165) is 28.7 Å². The monoisotopic (exact) mass is 295 g/mol. The fraction of sp³-hybridized carbons (Fsp3) is 0.167. The molecule has 0 atom stereocenters. The first-order valence-electron chi connectivity index (χ1n) is 5.51. The van der Waals surface area contributed by atoms with Crippen molar-refractivity contribution in [3.05, 3.63) is 41.1 Å². The highest BCUT2D eigenvalue weighted by molar-refractivity contribution is 7.11. The van der Waals surface area contributed by atoms with Crippen LogP contribution in [0.2, 0.25) is 0 Å². The minimum absolute atomic E-state index is 0.0204. The molecule has 8 heteroatoms. The van der Waals surface area contributed by atoms with Gasteiger partial charge in [-0.2, -0.15) is 4.37 Å². The Labute approximate surface area is 117 Å². The van der Waals surface area contributed by atoms with Gasteiger partial charge in [0.1, 0.15) is 22.1 Å². The van der Waals surface area contributed by atoms with E-state index >= 15 is 0 Å². The van der Waals surface area contributed by atoms with Crippen LogP contribution in [0.1, 0.15) is 26.5 Å². The number of aryl methyl sites for hydroxylation is 1. The third kappa shape index (κ3) is 2.50. The van der Waals surface area contributed by atoms with Gasteiger partial charge < -0.3 is 5.11 Å². The minimum Gasteiger partial charge on any atom is -0.478 e. The number of carbonyl (C=O) groups excluding carboxylic acids is 1. The van der Waals surface area contributed by atoms with E-state index in [9.17, 15) is 14.0 Å². The van der Waals surface area contributed by atoms with E-state index in [-0.39, 0.29) is 16.3 Å². The highest BCUT2D eigenvalue weighted by Crippen LogP contribution is 2.28. The molecular formula is C12H10FN3O3S. The van der Waals surface area contributed by atoms with E-state index in [1.807, 2.05) is 0 Å². The van der Waals surface area contributed by atoms with Crippen LogP contribution in [-0.4, -0.2) is 33.4 Å². The second-order valence-corrected chi connectivity index (χ2v) is 4.73. The Morgan fingerprint density at radius 3 is 2.65 bits per heavy atom. The first-order valence-corrected chi connectivity index (χ1v) is 6.28. The standard InChI is InChI=1S/C12H10FN3O3S/c1-6-9(12(18)19)11(20-15-6)16(2)10(17)8-4-3-7(13)5-14-8/h3-5H,1-2H3,(H,18,19). The third-order valence-corrected chi connectivity index (χ3v) is 3.63. The molecule has 6 nitrogen and oxygen atoms in total. The van der Waals surface area contributed by atoms with Gasteiger partial charge in [0.2, 0.25) is 0 Å². The molecule has 1 amide bonds. The number of amides is 1. The van der Waals surface area contributed by atoms with Gasteiger partial charge in [0.25, 0.3) is 5.91 Å². The van der Waals surface area contributed by atoms with Crippen molar-refractivity contribution in [2.45, 2.75) is 6.92 Å². The zero-order chi connectivity index (χ0) is 14.9. The second kappa shape index (κ2) is 5.33. The lowest BCUT2D eigenvalue weighted by Crippen LogP contribution is -2.27. The molecule has 2 aromatic heterocycles. The summed E-state index contributed by atoms with van der Waals surface area (Å²) in [6, 6.07) is 2.35. The van der Waals surface area contributed by atoms with Gasteiger partial charge in [0.15, 0.2) is 0 Å². The Kier molecular flexibility index (Phi) is 3.75. The van der Waals surface area contributed by atoms with Gasteiger partial charge in [0, 0.05) is 7.05 Å². The van der Waals surface area contributed by atoms with Gasteiger partial charge in [-0.25, -0.2) is 14.2 Å². The van der Waals surface area contributed by atoms with Crippen molar-refractivity contribution < 1.29 is 19.1 Å². The van der Waals surface area contributed by atoms with Crippen LogP contribution in [0, 0.1) is 12.7 Å². The lowest BCUT2D eigenvalue weighted by molar-refractivity contribution is 0.0697. The summed E-state index contributed by atoms with van der Waals surface area (Å²) >= 11 is 0.911. The van der Waals surface area contributed by atoms with Crippen molar-refractivity contribution in [1.29, 1.82) is 0 Å². The van der Waals surface area contributed by atoms with Crippen LogP contribution in [0.5, 0.6) is 0 Å². The van der Waals surface area contributed by atoms with Crippen molar-refractivity contribution in [2.75, 3.05) is 11.9 Å². The number of hydrogen-bond acceptors (Lipinski definition) is 5. The van der Waals surface area contributed by atoms with Crippen molar-refractivity contribution in [3.63, 3.8) is 0 Å². The van der Waals surface area contributed by atoms with E-state index in [0.29, 0.717) is 5.69 Å². The zero-order valence-electron chi connectivity index (χ0n) is 10.6. The summed E-state index contributed by atoms with van der Waals surface area (Å²) in [7, 11) is 1.42. The Morgan fingerprint density at radius 1 is 1.40 bits per heavy atom. The van der Waals surface area contributed by atoms with Gasteiger partial charge in [0.05, 0.1) is 11.9 Å². The largest absolute Gasteiger partial charge is 0.478 e. The number of nitrogens with zero attached hydrogens (tertiary/aromatic N) is 3. The van der Waals surface area contributed by atoms with E-state index < -0.39 is 17.7 Å². The van der Waals surface area contributed by atoms with Crippen molar-refractivity contribution in [1.82, 2.24) is 9.36 Å². The molecule has 0 aromatic carbocycles. The Balaban J connectivity index is 2.36. The molecule has 0 saturated heterocycles. The normalized spacial score (nSPS) is 10.3. The molecule has 0 fully saturated rings. The van der Waals surface area contributed by atoms with Gasteiger partial charge in [-0.15, -0.1) is 0 Å². The number of hydrogen-bond donors (Lipinski definition) is 1. The summed E-state index contributed by atoms with van der Waals surface area (Å²) in [5.74, 6) is -2.24. The molecule has 2 aromatic rings. The number of carboxylic acid groups (broad SMARTS) is 1. The van der Waals surface area contributed by atoms with E-state index in [4.69, 9.17) is 5.11 Å². The molecular weight excluding hydrogens is 285 g/mol. The third-order valence-electron chi connectivity index (χ3n) is 2.61. The molecule has 1 N–H and O–H groups in total. The van der Waals surface area contributed by atoms with Crippen LogP contribution >= 0.6 is 11.5 Å². The Hall–Kier alpha value is -2.35. The molecule has 104 valence electrons. The fourth-order valence-corrected chi connectivity index (χ4v) is 2.45. The van der Waals surface area contributed by atoms with Crippen LogP contribution in [0.25, 0.3) is 0 Å². The van der Waals surface area contributed by atoms with Crippen molar-refractivity contribution >= 4 is 28.4 Å². The zero-order valence-corrected chi connectivity index (χ0v) is 11.4. The SMILES string of the molecule is Cc1nsc(N(C)C(=O)c2ccc(F)cn2)c1C(=O)O. The average Bonchev–Trinajstić information content (AvgIpc) is 2.80. The molecule has 0 unspecified atom stereocenters. The number of aromatic nitrogens is 2. The number of anilines is 1. The lowest BCUT2D eigenvalue weighted by atomic mass is 10.2. The summed E-state index contributed by atoms with van der Waals surface area (Å²) < 4.78 is 16.7. The van der Waals surface area contributed by atoms with E-state index in [1.54, 1.807) is 6.92 Å². The smallest absolute Gasteiger partial charge is 0.340 e. The number of carboxylic acids is 1. The molecule has 2 heterocycles. The molecule has 0 aliphatic carbocycles. The molecule has 0 aliphatic heterocycles. The summed E-state index contributed by atoms with van der Waals surface area (Å²) in [5, 5.41) is 9.35. The molecule has 0 bridgehead atoms. The summed E-state index contributed by atoms with van der Waals surface area (Å²) in [4.78, 5) is 28.2. The van der Waals surface area contributed by atoms with Crippen molar-refractivity contribution in [2.24, 2.45) is 0 Å². The van der Waals surface area contributed by atoms with Gasteiger partial charge >= 0.3 is 5.97 Å². The van der Waals surface area contributed by atoms with Crippen LogP contribution in [-0.2, 0) is 0 Å². The number of aromatic carboxylic acids is 1. The molecule has 0 aliphatic rings. The van der Waals surface area contributed by atoms with Crippen LogP contribution < -0.4 is 4.90 Å². The average molecular weight is 295 g/mol. The summed E-state index contributed by atoms with van der Waals surface area (Å²) in [6.45, 7) is 1.55. The fourth-order valence-electron chi connectivity index (χ4n) is 1.60. The van der Waals surface area contributed by atoms with E-state index in [2.05, 4.69) is 9.36 Å².